The highest BCUT2D eigenvalue weighted by Crippen LogP contribution is 2.39. The first-order chi connectivity index (χ1) is 15.0. The van der Waals surface area contributed by atoms with Crippen LogP contribution in [0.2, 0.25) is 5.02 Å². The molecule has 0 aliphatic rings. The van der Waals surface area contributed by atoms with Crippen LogP contribution in [0.4, 0.5) is 0 Å². The lowest BCUT2D eigenvalue weighted by molar-refractivity contribution is 0.0696. The number of thiophene rings is 1. The third kappa shape index (κ3) is 5.00. The number of carboxylic acids is 1. The number of hydrogen-bond donors (Lipinski definition) is 3. The van der Waals surface area contributed by atoms with Crippen LogP contribution in [0.3, 0.4) is 0 Å². The molecular formula is C24H23ClN2O4S. The maximum atomic E-state index is 12.4. The first kappa shape index (κ1) is 23.5. The number of carboxylic acid groups (broad SMARTS) is 1. The fraction of sp³-hybridized carbons (Fsp3) is 0.208. The Morgan fingerprint density at radius 1 is 1.06 bits per heavy atom. The molecule has 1 aromatic heterocycles. The molecule has 0 bridgehead atoms. The minimum atomic E-state index is -1.17. The van der Waals surface area contributed by atoms with Crippen LogP contribution >= 0.6 is 22.9 Å². The molecule has 32 heavy (non-hydrogen) atoms. The van der Waals surface area contributed by atoms with Crippen molar-refractivity contribution in [1.29, 1.82) is 0 Å². The van der Waals surface area contributed by atoms with Gasteiger partial charge in [0.1, 0.15) is 5.75 Å². The van der Waals surface area contributed by atoms with Crippen LogP contribution in [0, 0.1) is 0 Å². The molecule has 0 spiro atoms. The first-order valence-corrected chi connectivity index (χ1v) is 11.0. The number of halogens is 1. The van der Waals surface area contributed by atoms with Gasteiger partial charge in [0.05, 0.1) is 26.7 Å². The van der Waals surface area contributed by atoms with E-state index in [-0.39, 0.29) is 27.3 Å². The lowest BCUT2D eigenvalue weighted by atomic mass is 9.86. The van der Waals surface area contributed by atoms with Crippen LogP contribution in [0.5, 0.6) is 5.75 Å². The largest absolute Gasteiger partial charge is 0.506 e. The van der Waals surface area contributed by atoms with Gasteiger partial charge in [0, 0.05) is 10.9 Å². The van der Waals surface area contributed by atoms with Gasteiger partial charge < -0.3 is 10.2 Å². The predicted molar refractivity (Wildman–Crippen MR) is 128 cm³/mol. The van der Waals surface area contributed by atoms with Crippen LogP contribution in [0.25, 0.3) is 10.4 Å². The monoisotopic (exact) mass is 470 g/mol. The highest BCUT2D eigenvalue weighted by molar-refractivity contribution is 7.14. The molecule has 0 fully saturated rings. The summed E-state index contributed by atoms with van der Waals surface area (Å²) in [4.78, 5) is 24.1. The van der Waals surface area contributed by atoms with Crippen molar-refractivity contribution in [2.24, 2.45) is 5.10 Å². The van der Waals surface area contributed by atoms with Gasteiger partial charge in [-0.25, -0.2) is 10.2 Å². The molecule has 166 valence electrons. The van der Waals surface area contributed by atoms with Gasteiger partial charge in [-0.1, -0.05) is 56.6 Å². The zero-order chi connectivity index (χ0) is 23.6. The quantitative estimate of drug-likeness (QED) is 0.318. The Labute approximate surface area is 195 Å². The standard InChI is InChI=1S/C24H23ClN2O4S/c1-13(26-27-22(29)15-7-10-17(23(30)31)19(25)11-15)18-12-32-21(20(18)28)14-5-8-16(9-6-14)24(2,3)4/h5-12,28H,1-4H3,(H,27,29)(H,30,31). The average molecular weight is 471 g/mol. The van der Waals surface area contributed by atoms with Crippen molar-refractivity contribution in [2.45, 2.75) is 33.1 Å². The third-order valence-corrected chi connectivity index (χ3v) is 6.29. The van der Waals surface area contributed by atoms with Gasteiger partial charge in [-0.2, -0.15) is 5.10 Å². The van der Waals surface area contributed by atoms with E-state index in [0.29, 0.717) is 11.3 Å². The summed E-state index contributed by atoms with van der Waals surface area (Å²) in [5, 5.41) is 25.6. The van der Waals surface area contributed by atoms with Crippen molar-refractivity contribution in [3.05, 3.63) is 75.1 Å². The maximum Gasteiger partial charge on any atom is 0.337 e. The fourth-order valence-electron chi connectivity index (χ4n) is 3.02. The van der Waals surface area contributed by atoms with E-state index in [0.717, 1.165) is 10.4 Å². The number of aromatic hydroxyl groups is 1. The molecule has 0 unspecified atom stereocenters. The van der Waals surface area contributed by atoms with Gasteiger partial charge >= 0.3 is 5.97 Å². The maximum absolute atomic E-state index is 12.4. The van der Waals surface area contributed by atoms with Crippen LogP contribution in [0.1, 0.15) is 59.5 Å². The van der Waals surface area contributed by atoms with E-state index in [9.17, 15) is 14.7 Å². The minimum Gasteiger partial charge on any atom is -0.506 e. The van der Waals surface area contributed by atoms with Gasteiger partial charge in [-0.3, -0.25) is 4.79 Å². The summed E-state index contributed by atoms with van der Waals surface area (Å²) in [5.41, 5.74) is 5.59. The SMILES string of the molecule is CC(=NNC(=O)c1ccc(C(=O)O)c(Cl)c1)c1csc(-c2ccc(C(C)(C)C)cc2)c1O. The smallest absolute Gasteiger partial charge is 0.337 e. The Morgan fingerprint density at radius 3 is 2.28 bits per heavy atom. The summed E-state index contributed by atoms with van der Waals surface area (Å²) in [6, 6.07) is 12.0. The van der Waals surface area contributed by atoms with Crippen LogP contribution in [-0.4, -0.2) is 27.8 Å². The van der Waals surface area contributed by atoms with Crippen molar-refractivity contribution < 1.29 is 19.8 Å². The number of benzene rings is 2. The van der Waals surface area contributed by atoms with E-state index in [4.69, 9.17) is 16.7 Å². The molecule has 0 aliphatic heterocycles. The van der Waals surface area contributed by atoms with E-state index in [1.54, 1.807) is 12.3 Å². The zero-order valence-electron chi connectivity index (χ0n) is 18.1. The van der Waals surface area contributed by atoms with E-state index < -0.39 is 11.9 Å². The molecule has 1 amide bonds. The molecule has 2 aromatic carbocycles. The van der Waals surface area contributed by atoms with Gasteiger partial charge in [0.2, 0.25) is 0 Å². The number of nitrogens with one attached hydrogen (secondary N) is 1. The zero-order valence-corrected chi connectivity index (χ0v) is 19.6. The highest BCUT2D eigenvalue weighted by atomic mass is 35.5. The molecule has 3 rings (SSSR count). The van der Waals surface area contributed by atoms with Crippen molar-refractivity contribution in [3.8, 4) is 16.2 Å². The van der Waals surface area contributed by atoms with Crippen molar-refractivity contribution in [1.82, 2.24) is 5.43 Å². The van der Waals surface area contributed by atoms with Crippen molar-refractivity contribution >= 4 is 40.5 Å². The summed E-state index contributed by atoms with van der Waals surface area (Å²) in [7, 11) is 0. The number of amides is 1. The Bertz CT molecular complexity index is 1210. The van der Waals surface area contributed by atoms with E-state index in [1.165, 1.54) is 35.1 Å². The number of hydrogen-bond acceptors (Lipinski definition) is 5. The summed E-state index contributed by atoms with van der Waals surface area (Å²) < 4.78 is 0. The molecular weight excluding hydrogens is 448 g/mol. The Kier molecular flexibility index (Phi) is 6.71. The lowest BCUT2D eigenvalue weighted by Gasteiger charge is -2.19. The second-order valence-corrected chi connectivity index (χ2v) is 9.58. The number of nitrogens with zero attached hydrogens (tertiary/aromatic N) is 1. The van der Waals surface area contributed by atoms with Gasteiger partial charge in [-0.05, 0) is 41.7 Å². The molecule has 0 radical (unpaired) electrons. The summed E-state index contributed by atoms with van der Waals surface area (Å²) in [6.45, 7) is 8.11. The Hall–Kier alpha value is -3.16. The third-order valence-electron chi connectivity index (χ3n) is 4.95. The average Bonchev–Trinajstić information content (AvgIpc) is 3.12. The van der Waals surface area contributed by atoms with E-state index >= 15 is 0 Å². The second-order valence-electron chi connectivity index (χ2n) is 8.29. The molecule has 1 heterocycles. The summed E-state index contributed by atoms with van der Waals surface area (Å²) in [5.74, 6) is -1.62. The molecule has 0 aliphatic carbocycles. The molecule has 3 N–H and O–H groups in total. The number of rotatable bonds is 5. The van der Waals surface area contributed by atoms with Crippen LogP contribution < -0.4 is 5.43 Å². The van der Waals surface area contributed by atoms with Gasteiger partial charge in [0.25, 0.3) is 5.91 Å². The molecule has 6 nitrogen and oxygen atoms in total. The molecule has 0 atom stereocenters. The highest BCUT2D eigenvalue weighted by Gasteiger charge is 2.18. The van der Waals surface area contributed by atoms with Crippen LogP contribution in [0.15, 0.2) is 52.9 Å². The van der Waals surface area contributed by atoms with E-state index in [2.05, 4.69) is 43.4 Å². The molecule has 0 saturated heterocycles. The Balaban J connectivity index is 1.78. The van der Waals surface area contributed by atoms with Crippen molar-refractivity contribution in [3.63, 3.8) is 0 Å². The molecule has 3 aromatic rings. The van der Waals surface area contributed by atoms with Crippen LogP contribution in [-0.2, 0) is 5.41 Å². The number of carbonyl (C=O) groups is 2. The molecule has 0 saturated carbocycles. The minimum absolute atomic E-state index is 0.0385. The van der Waals surface area contributed by atoms with E-state index in [1.807, 2.05) is 12.1 Å². The number of carbonyl (C=O) groups excluding carboxylic acids is 1. The van der Waals surface area contributed by atoms with Gasteiger partial charge in [0.15, 0.2) is 0 Å². The fourth-order valence-corrected chi connectivity index (χ4v) is 4.30. The lowest BCUT2D eigenvalue weighted by Crippen LogP contribution is -2.19. The topological polar surface area (TPSA) is 99.0 Å². The van der Waals surface area contributed by atoms with Gasteiger partial charge in [-0.15, -0.1) is 11.3 Å². The number of aromatic carboxylic acids is 1. The second kappa shape index (κ2) is 9.14. The number of hydrazone groups is 1. The molecule has 8 heteroatoms. The van der Waals surface area contributed by atoms with Crippen molar-refractivity contribution in [2.75, 3.05) is 0 Å². The summed E-state index contributed by atoms with van der Waals surface area (Å²) in [6.07, 6.45) is 0. The Morgan fingerprint density at radius 2 is 1.72 bits per heavy atom. The summed E-state index contributed by atoms with van der Waals surface area (Å²) >= 11 is 7.31. The first-order valence-electron chi connectivity index (χ1n) is 9.78. The predicted octanol–water partition coefficient (Wildman–Crippen LogP) is 5.92. The normalized spacial score (nSPS) is 12.0.